The van der Waals surface area contributed by atoms with Crippen LogP contribution in [0.2, 0.25) is 0 Å². The molecule has 1 aliphatic carbocycles. The number of rotatable bonds is 5. The van der Waals surface area contributed by atoms with Crippen molar-refractivity contribution in [3.05, 3.63) is 58.3 Å². The van der Waals surface area contributed by atoms with E-state index in [0.29, 0.717) is 19.2 Å². The number of ketones is 1. The van der Waals surface area contributed by atoms with Crippen molar-refractivity contribution in [3.8, 4) is 5.75 Å². The molecule has 6 rings (SSSR count). The molecule has 0 saturated carbocycles. The van der Waals surface area contributed by atoms with Crippen molar-refractivity contribution in [2.45, 2.75) is 51.6 Å². The predicted octanol–water partition coefficient (Wildman–Crippen LogP) is 4.20. The zero-order valence-electron chi connectivity index (χ0n) is 22.2. The largest absolute Gasteiger partial charge is 0.492 e. The van der Waals surface area contributed by atoms with Gasteiger partial charge in [-0.3, -0.25) is 9.69 Å². The third-order valence-corrected chi connectivity index (χ3v) is 8.63. The molecule has 3 N–H and O–H groups in total. The first-order chi connectivity index (χ1) is 17.9. The van der Waals surface area contributed by atoms with Crippen LogP contribution in [0.3, 0.4) is 0 Å². The van der Waals surface area contributed by atoms with Gasteiger partial charge in [-0.1, -0.05) is 26.0 Å². The summed E-state index contributed by atoms with van der Waals surface area (Å²) >= 11 is 0. The number of anilines is 1. The number of nitrogens with zero attached hydrogens (tertiary/aromatic N) is 2. The van der Waals surface area contributed by atoms with Crippen LogP contribution in [0.4, 0.5) is 5.69 Å². The van der Waals surface area contributed by atoms with Gasteiger partial charge in [0.25, 0.3) is 0 Å². The third kappa shape index (κ3) is 4.04. The lowest BCUT2D eigenvalue weighted by molar-refractivity contribution is 0.0115. The molecule has 196 valence electrons. The average Bonchev–Trinajstić information content (AvgIpc) is 3.32. The minimum Gasteiger partial charge on any atom is -0.492 e. The highest BCUT2D eigenvalue weighted by Gasteiger charge is 2.41. The van der Waals surface area contributed by atoms with Crippen molar-refractivity contribution in [1.29, 1.82) is 0 Å². The molecule has 3 aromatic rings. The quantitative estimate of drug-likeness (QED) is 0.544. The van der Waals surface area contributed by atoms with Crippen LogP contribution in [0.1, 0.15) is 66.4 Å². The number of fused-ring (bicyclic) bond motifs is 4. The van der Waals surface area contributed by atoms with Gasteiger partial charge in [0.2, 0.25) is 0 Å². The standard InChI is InChI=1S/C30H38N4O3/c1-4-37-26-16-22-23(17-25(26)34-9-7-20(8-10-34)33-11-13-36-14-12-33)30(2,3)29-27(28(22)35)21-6-5-19(18-31)15-24(21)32-29/h5-6,15-17,20,32H,4,7-14,18,31H2,1-3H3. The number of carbonyl (C=O) groups excluding carboxylic acids is 1. The summed E-state index contributed by atoms with van der Waals surface area (Å²) in [5, 5.41) is 0.961. The van der Waals surface area contributed by atoms with Gasteiger partial charge in [-0.25, -0.2) is 0 Å². The van der Waals surface area contributed by atoms with Crippen molar-refractivity contribution >= 4 is 22.4 Å². The summed E-state index contributed by atoms with van der Waals surface area (Å²) in [7, 11) is 0. The van der Waals surface area contributed by atoms with Crippen molar-refractivity contribution in [3.63, 3.8) is 0 Å². The lowest BCUT2D eigenvalue weighted by atomic mass is 9.71. The molecule has 0 atom stereocenters. The molecule has 3 aliphatic rings. The maximum absolute atomic E-state index is 14.0. The average molecular weight is 503 g/mol. The number of aromatic nitrogens is 1. The molecule has 2 saturated heterocycles. The van der Waals surface area contributed by atoms with E-state index >= 15 is 0 Å². The molecule has 1 aromatic heterocycles. The fourth-order valence-corrected chi connectivity index (χ4v) is 6.55. The van der Waals surface area contributed by atoms with E-state index in [0.717, 1.165) is 103 Å². The van der Waals surface area contributed by atoms with Crippen molar-refractivity contribution in [2.24, 2.45) is 5.73 Å². The maximum atomic E-state index is 14.0. The summed E-state index contributed by atoms with van der Waals surface area (Å²) in [5.41, 5.74) is 12.2. The molecule has 37 heavy (non-hydrogen) atoms. The van der Waals surface area contributed by atoms with Gasteiger partial charge in [0, 0.05) is 66.3 Å². The number of H-pyrrole nitrogens is 1. The Morgan fingerprint density at radius 1 is 1.11 bits per heavy atom. The molecule has 2 aromatic carbocycles. The molecule has 0 amide bonds. The zero-order valence-corrected chi connectivity index (χ0v) is 22.2. The highest BCUT2D eigenvalue weighted by atomic mass is 16.5. The van der Waals surface area contributed by atoms with E-state index < -0.39 is 0 Å². The van der Waals surface area contributed by atoms with Crippen LogP contribution in [-0.4, -0.2) is 67.7 Å². The van der Waals surface area contributed by atoms with E-state index in [1.54, 1.807) is 0 Å². The van der Waals surface area contributed by atoms with Crippen LogP contribution in [0.25, 0.3) is 10.9 Å². The van der Waals surface area contributed by atoms with Gasteiger partial charge in [-0.15, -0.1) is 0 Å². The summed E-state index contributed by atoms with van der Waals surface area (Å²) in [6.45, 7) is 13.2. The van der Waals surface area contributed by atoms with E-state index in [-0.39, 0.29) is 11.2 Å². The molecule has 0 spiro atoms. The fraction of sp³-hybridized carbons (Fsp3) is 0.500. The van der Waals surface area contributed by atoms with Crippen molar-refractivity contribution in [2.75, 3.05) is 50.9 Å². The Bertz CT molecular complexity index is 1330. The van der Waals surface area contributed by atoms with Crippen molar-refractivity contribution < 1.29 is 14.3 Å². The number of nitrogens with two attached hydrogens (primary N) is 1. The predicted molar refractivity (Wildman–Crippen MR) is 147 cm³/mol. The second-order valence-corrected chi connectivity index (χ2v) is 11.1. The second kappa shape index (κ2) is 9.46. The minimum atomic E-state index is -0.355. The van der Waals surface area contributed by atoms with E-state index in [9.17, 15) is 4.79 Å². The Morgan fingerprint density at radius 2 is 1.86 bits per heavy atom. The Labute approximate surface area is 218 Å². The summed E-state index contributed by atoms with van der Waals surface area (Å²) in [6.07, 6.45) is 2.25. The number of benzene rings is 2. The van der Waals surface area contributed by atoms with Crippen LogP contribution < -0.4 is 15.4 Å². The van der Waals surface area contributed by atoms with Gasteiger partial charge in [-0.05, 0) is 49.1 Å². The molecule has 0 radical (unpaired) electrons. The van der Waals surface area contributed by atoms with E-state index in [4.69, 9.17) is 15.2 Å². The number of nitrogens with one attached hydrogen (secondary N) is 1. The van der Waals surface area contributed by atoms with Crippen LogP contribution in [0.15, 0.2) is 30.3 Å². The van der Waals surface area contributed by atoms with Gasteiger partial charge in [0.15, 0.2) is 5.78 Å². The number of ether oxygens (including phenoxy) is 2. The van der Waals surface area contributed by atoms with Crippen LogP contribution >= 0.6 is 0 Å². The Kier molecular flexibility index (Phi) is 6.25. The van der Waals surface area contributed by atoms with E-state index in [1.807, 2.05) is 25.1 Å². The summed E-state index contributed by atoms with van der Waals surface area (Å²) in [6, 6.07) is 11.0. The molecule has 2 aliphatic heterocycles. The Hall–Kier alpha value is -2.87. The molecule has 0 unspecified atom stereocenters. The smallest absolute Gasteiger partial charge is 0.195 e. The summed E-state index contributed by atoms with van der Waals surface area (Å²) < 4.78 is 11.7. The van der Waals surface area contributed by atoms with Crippen molar-refractivity contribution in [1.82, 2.24) is 9.88 Å². The number of piperidine rings is 1. The third-order valence-electron chi connectivity index (χ3n) is 8.63. The Morgan fingerprint density at radius 3 is 2.57 bits per heavy atom. The fourth-order valence-electron chi connectivity index (χ4n) is 6.55. The lowest BCUT2D eigenvalue weighted by Crippen LogP contribution is -2.49. The van der Waals surface area contributed by atoms with Gasteiger partial charge in [0.05, 0.1) is 31.1 Å². The first kappa shape index (κ1) is 24.5. The molecule has 0 bridgehead atoms. The monoisotopic (exact) mass is 502 g/mol. The molecule has 2 fully saturated rings. The number of hydrogen-bond acceptors (Lipinski definition) is 6. The molecule has 7 heteroatoms. The minimum absolute atomic E-state index is 0.0644. The second-order valence-electron chi connectivity index (χ2n) is 11.1. The molecule has 3 heterocycles. The highest BCUT2D eigenvalue weighted by Crippen LogP contribution is 2.47. The Balaban J connectivity index is 1.37. The van der Waals surface area contributed by atoms with Gasteiger partial charge in [0.1, 0.15) is 5.75 Å². The number of aromatic amines is 1. The maximum Gasteiger partial charge on any atom is 0.195 e. The topological polar surface area (TPSA) is 83.8 Å². The molecular weight excluding hydrogens is 464 g/mol. The summed E-state index contributed by atoms with van der Waals surface area (Å²) in [4.78, 5) is 22.6. The van der Waals surface area contributed by atoms with Crippen LogP contribution in [0, 0.1) is 0 Å². The lowest BCUT2D eigenvalue weighted by Gasteiger charge is -2.41. The van der Waals surface area contributed by atoms with Crippen LogP contribution in [0.5, 0.6) is 5.75 Å². The molecule has 7 nitrogen and oxygen atoms in total. The van der Waals surface area contributed by atoms with E-state index in [2.05, 4.69) is 40.8 Å². The summed E-state index contributed by atoms with van der Waals surface area (Å²) in [5.74, 6) is 0.874. The van der Waals surface area contributed by atoms with Gasteiger partial charge in [-0.2, -0.15) is 0 Å². The van der Waals surface area contributed by atoms with Gasteiger partial charge >= 0.3 is 0 Å². The van der Waals surface area contributed by atoms with Crippen LogP contribution in [-0.2, 0) is 16.7 Å². The first-order valence-electron chi connectivity index (χ1n) is 13.7. The van der Waals surface area contributed by atoms with Gasteiger partial charge < -0.3 is 25.1 Å². The number of carbonyl (C=O) groups is 1. The van der Waals surface area contributed by atoms with E-state index in [1.165, 1.54) is 0 Å². The number of hydrogen-bond donors (Lipinski definition) is 2. The SMILES string of the molecule is CCOc1cc2c(cc1N1CCC(N3CCOCC3)CC1)C(C)(C)c1[nH]c3cc(CN)ccc3c1C2=O. The zero-order chi connectivity index (χ0) is 25.7. The first-order valence-corrected chi connectivity index (χ1v) is 13.7. The normalized spacial score (nSPS) is 20.2. The molecular formula is C30H38N4O3. The number of morpholine rings is 1. The highest BCUT2D eigenvalue weighted by molar-refractivity contribution is 6.20.